The minimum Gasteiger partial charge on any atom is -0.467 e. The third kappa shape index (κ3) is 4.06. The van der Waals surface area contributed by atoms with Crippen molar-refractivity contribution in [2.75, 3.05) is 6.61 Å². The molecular weight excluding hydrogens is 408 g/mol. The molecule has 4 rings (SSSR count). The van der Waals surface area contributed by atoms with Crippen LogP contribution in [0.2, 0.25) is 0 Å². The fraction of sp³-hybridized carbons (Fsp3) is 0.0833. The maximum Gasteiger partial charge on any atom is 0.289 e. The number of ketones is 1. The van der Waals surface area contributed by atoms with Crippen LogP contribution in [0.25, 0.3) is 22.0 Å². The van der Waals surface area contributed by atoms with Gasteiger partial charge in [0, 0.05) is 18.9 Å². The molecule has 160 valence electrons. The number of ether oxygens (including phenoxy) is 1. The predicted molar refractivity (Wildman–Crippen MR) is 119 cm³/mol. The molecule has 0 unspecified atom stereocenters. The number of hydrogen-bond acceptors (Lipinski definition) is 5. The summed E-state index contributed by atoms with van der Waals surface area (Å²) in [6.45, 7) is -0.00871. The van der Waals surface area contributed by atoms with Gasteiger partial charge in [-0.1, -0.05) is 54.6 Å². The van der Waals surface area contributed by atoms with Gasteiger partial charge in [0.25, 0.3) is 17.6 Å². The van der Waals surface area contributed by atoms with Crippen molar-refractivity contribution >= 4 is 28.5 Å². The molecule has 0 saturated heterocycles. The number of rotatable bonds is 8. The Balaban J connectivity index is 1.84. The fourth-order valence-corrected chi connectivity index (χ4v) is 3.64. The van der Waals surface area contributed by atoms with Gasteiger partial charge in [0.2, 0.25) is 5.88 Å². The van der Waals surface area contributed by atoms with E-state index in [0.29, 0.717) is 17.4 Å². The van der Waals surface area contributed by atoms with Crippen molar-refractivity contribution in [3.05, 3.63) is 84.2 Å². The Bertz CT molecular complexity index is 1330. The lowest BCUT2D eigenvalue weighted by molar-refractivity contribution is -0.120. The van der Waals surface area contributed by atoms with Crippen LogP contribution >= 0.6 is 0 Å². The molecule has 32 heavy (non-hydrogen) atoms. The van der Waals surface area contributed by atoms with Crippen LogP contribution in [-0.4, -0.2) is 33.8 Å². The highest BCUT2D eigenvalue weighted by Crippen LogP contribution is 2.31. The maximum absolute atomic E-state index is 12.5. The summed E-state index contributed by atoms with van der Waals surface area (Å²) in [5, 5.41) is 0.301. The molecule has 2 aromatic heterocycles. The van der Waals surface area contributed by atoms with E-state index < -0.39 is 24.2 Å². The molecule has 0 fully saturated rings. The summed E-state index contributed by atoms with van der Waals surface area (Å²) in [5.41, 5.74) is 14.2. The van der Waals surface area contributed by atoms with E-state index >= 15 is 0 Å². The molecular formula is C24H20N4O4. The Morgan fingerprint density at radius 3 is 2.38 bits per heavy atom. The normalized spacial score (nSPS) is 10.8. The molecule has 0 aliphatic heterocycles. The van der Waals surface area contributed by atoms with Crippen molar-refractivity contribution in [1.29, 1.82) is 0 Å². The van der Waals surface area contributed by atoms with Crippen molar-refractivity contribution in [3.63, 3.8) is 0 Å². The van der Waals surface area contributed by atoms with Crippen LogP contribution in [0.15, 0.2) is 73.1 Å². The lowest BCUT2D eigenvalue weighted by Gasteiger charge is -2.12. The number of Topliss-reactive ketones (excluding diaryl/α,β-unsaturated/α-hetero) is 1. The van der Waals surface area contributed by atoms with Crippen LogP contribution < -0.4 is 16.2 Å². The molecule has 0 bridgehead atoms. The number of carbonyl (C=O) groups is 3. The number of benzene rings is 2. The van der Waals surface area contributed by atoms with E-state index in [1.165, 1.54) is 6.20 Å². The van der Waals surface area contributed by atoms with E-state index in [0.717, 1.165) is 16.7 Å². The number of primary amides is 2. The first-order valence-electron chi connectivity index (χ1n) is 9.82. The Hall–Kier alpha value is -4.46. The van der Waals surface area contributed by atoms with Gasteiger partial charge in [0.15, 0.2) is 6.61 Å². The fourth-order valence-electron chi connectivity index (χ4n) is 3.64. The van der Waals surface area contributed by atoms with E-state index in [9.17, 15) is 14.4 Å². The minimum absolute atomic E-state index is 0.0287. The predicted octanol–water partition coefficient (Wildman–Crippen LogP) is 2.28. The minimum atomic E-state index is -1.10. The first kappa shape index (κ1) is 20.8. The average Bonchev–Trinajstić information content (AvgIpc) is 3.17. The number of fused-ring (bicyclic) bond motifs is 1. The summed E-state index contributed by atoms with van der Waals surface area (Å²) in [5.74, 6) is -2.63. The number of nitrogens with two attached hydrogens (primary N) is 2. The largest absolute Gasteiger partial charge is 0.467 e. The Morgan fingerprint density at radius 1 is 0.938 bits per heavy atom. The summed E-state index contributed by atoms with van der Waals surface area (Å²) in [6, 6.07) is 19.5. The van der Waals surface area contributed by atoms with Crippen LogP contribution in [0.1, 0.15) is 15.9 Å². The summed E-state index contributed by atoms with van der Waals surface area (Å²) in [6.07, 6.45) is 3.05. The van der Waals surface area contributed by atoms with Crippen LogP contribution in [-0.2, 0) is 16.1 Å². The van der Waals surface area contributed by atoms with E-state index in [1.807, 2.05) is 59.2 Å². The highest BCUT2D eigenvalue weighted by molar-refractivity contribution is 6.44. The molecule has 8 nitrogen and oxygen atoms in total. The van der Waals surface area contributed by atoms with Gasteiger partial charge in [-0.3, -0.25) is 14.4 Å². The second-order valence-corrected chi connectivity index (χ2v) is 7.15. The second-order valence-electron chi connectivity index (χ2n) is 7.15. The number of nitrogens with zero attached hydrogens (tertiary/aromatic N) is 2. The van der Waals surface area contributed by atoms with Gasteiger partial charge in [-0.15, -0.1) is 0 Å². The average molecular weight is 428 g/mol. The van der Waals surface area contributed by atoms with Gasteiger partial charge in [-0.25, -0.2) is 4.98 Å². The van der Waals surface area contributed by atoms with Crippen molar-refractivity contribution in [2.24, 2.45) is 11.5 Å². The molecule has 0 atom stereocenters. The molecule has 0 aliphatic rings. The summed E-state index contributed by atoms with van der Waals surface area (Å²) < 4.78 is 7.23. The van der Waals surface area contributed by atoms with Gasteiger partial charge in [-0.05, 0) is 22.8 Å². The Morgan fingerprint density at radius 2 is 1.66 bits per heavy atom. The molecule has 4 aromatic rings. The SMILES string of the molecule is NC(=O)COc1nccc2c1c(C(=O)C(N)=O)cn2Cc1ccccc1-c1ccccc1. The molecule has 8 heteroatoms. The van der Waals surface area contributed by atoms with Crippen LogP contribution in [0.4, 0.5) is 0 Å². The van der Waals surface area contributed by atoms with Crippen LogP contribution in [0, 0.1) is 0 Å². The second kappa shape index (κ2) is 8.73. The maximum atomic E-state index is 12.5. The van der Waals surface area contributed by atoms with E-state index in [1.54, 1.807) is 12.3 Å². The molecule has 0 saturated carbocycles. The standard InChI is InChI=1S/C24H20N4O4/c25-20(29)14-32-24-21-18(22(30)23(26)31)13-28(19(21)10-11-27-24)12-16-8-4-5-9-17(16)15-6-2-1-3-7-15/h1-11,13H,12,14H2,(H2,25,29)(H2,26,31). The lowest BCUT2D eigenvalue weighted by Crippen LogP contribution is -2.23. The Labute approximate surface area is 183 Å². The number of hydrogen-bond donors (Lipinski definition) is 2. The van der Waals surface area contributed by atoms with Gasteiger partial charge in [0.05, 0.1) is 16.5 Å². The van der Waals surface area contributed by atoms with Gasteiger partial charge >= 0.3 is 0 Å². The van der Waals surface area contributed by atoms with E-state index in [2.05, 4.69) is 4.98 Å². The van der Waals surface area contributed by atoms with Crippen LogP contribution in [0.3, 0.4) is 0 Å². The highest BCUT2D eigenvalue weighted by Gasteiger charge is 2.23. The lowest BCUT2D eigenvalue weighted by atomic mass is 10.00. The molecule has 2 heterocycles. The monoisotopic (exact) mass is 428 g/mol. The third-order valence-corrected chi connectivity index (χ3v) is 5.02. The van der Waals surface area contributed by atoms with Crippen LogP contribution in [0.5, 0.6) is 5.88 Å². The number of carbonyl (C=O) groups excluding carboxylic acids is 3. The summed E-state index contributed by atoms with van der Waals surface area (Å²) in [4.78, 5) is 39.5. The topological polar surface area (TPSA) is 130 Å². The van der Waals surface area contributed by atoms with Crippen molar-refractivity contribution < 1.29 is 19.1 Å². The molecule has 2 amide bonds. The number of pyridine rings is 1. The summed E-state index contributed by atoms with van der Waals surface area (Å²) >= 11 is 0. The highest BCUT2D eigenvalue weighted by atomic mass is 16.5. The van der Waals surface area contributed by atoms with Crippen molar-refractivity contribution in [2.45, 2.75) is 6.54 Å². The molecule has 4 N–H and O–H groups in total. The number of aromatic nitrogens is 2. The summed E-state index contributed by atoms with van der Waals surface area (Å²) in [7, 11) is 0. The Kier molecular flexibility index (Phi) is 5.67. The smallest absolute Gasteiger partial charge is 0.289 e. The van der Waals surface area contributed by atoms with Gasteiger partial charge in [0.1, 0.15) is 0 Å². The first-order chi connectivity index (χ1) is 15.5. The van der Waals surface area contributed by atoms with E-state index in [4.69, 9.17) is 16.2 Å². The van der Waals surface area contributed by atoms with Gasteiger partial charge in [-0.2, -0.15) is 0 Å². The first-order valence-corrected chi connectivity index (χ1v) is 9.82. The third-order valence-electron chi connectivity index (χ3n) is 5.02. The number of amides is 2. The molecule has 0 radical (unpaired) electrons. The zero-order chi connectivity index (χ0) is 22.7. The zero-order valence-corrected chi connectivity index (χ0v) is 17.0. The molecule has 0 spiro atoms. The quantitative estimate of drug-likeness (QED) is 0.328. The molecule has 2 aromatic carbocycles. The zero-order valence-electron chi connectivity index (χ0n) is 17.0. The van der Waals surface area contributed by atoms with Crippen molar-refractivity contribution in [3.8, 4) is 17.0 Å². The molecule has 0 aliphatic carbocycles. The van der Waals surface area contributed by atoms with Crippen molar-refractivity contribution in [1.82, 2.24) is 9.55 Å². The van der Waals surface area contributed by atoms with Gasteiger partial charge < -0.3 is 20.8 Å². The van der Waals surface area contributed by atoms with E-state index in [-0.39, 0.29) is 11.4 Å².